The number of carbonyl (C=O) groups excluding carboxylic acids is 3. The van der Waals surface area contributed by atoms with Crippen LogP contribution in [0.4, 0.5) is 11.4 Å². The van der Waals surface area contributed by atoms with E-state index in [-0.39, 0.29) is 34.8 Å². The second-order valence-corrected chi connectivity index (χ2v) is 16.6. The average molecular weight is 740 g/mol. The van der Waals surface area contributed by atoms with Gasteiger partial charge < -0.3 is 24.7 Å². The Balaban J connectivity index is 0.768. The van der Waals surface area contributed by atoms with Crippen molar-refractivity contribution in [3.8, 4) is 17.0 Å². The van der Waals surface area contributed by atoms with Crippen LogP contribution >= 0.6 is 0 Å². The summed E-state index contributed by atoms with van der Waals surface area (Å²) in [4.78, 5) is 47.9. The van der Waals surface area contributed by atoms with Crippen molar-refractivity contribution in [1.29, 1.82) is 0 Å². The molecule has 5 aliphatic rings. The zero-order valence-electron chi connectivity index (χ0n) is 31.3. The lowest BCUT2D eigenvalue weighted by molar-refractivity contribution is -0.166. The van der Waals surface area contributed by atoms with Crippen LogP contribution in [-0.4, -0.2) is 102 Å². The normalized spacial score (nSPS) is 22.5. The zero-order valence-corrected chi connectivity index (χ0v) is 31.3. The number of carbonyl (C=O) groups is 3. The number of anilines is 2. The number of benzene rings is 3. The van der Waals surface area contributed by atoms with E-state index in [0.29, 0.717) is 30.0 Å². The van der Waals surface area contributed by atoms with Crippen molar-refractivity contribution in [3.63, 3.8) is 0 Å². The molecule has 55 heavy (non-hydrogen) atoms. The van der Waals surface area contributed by atoms with Crippen LogP contribution < -0.4 is 15.1 Å². The lowest BCUT2D eigenvalue weighted by Gasteiger charge is -2.62. The van der Waals surface area contributed by atoms with Crippen LogP contribution in [0.15, 0.2) is 91.1 Å². The maximum absolute atomic E-state index is 14.5. The van der Waals surface area contributed by atoms with Crippen LogP contribution in [0.25, 0.3) is 11.3 Å². The minimum atomic E-state index is -0.553. The molecule has 0 aliphatic carbocycles. The highest BCUT2D eigenvalue weighted by molar-refractivity contribution is 6.01. The van der Waals surface area contributed by atoms with Crippen LogP contribution in [0.3, 0.4) is 0 Å². The highest BCUT2D eigenvalue weighted by Gasteiger charge is 2.56. The predicted molar refractivity (Wildman–Crippen MR) is 211 cm³/mol. The third kappa shape index (κ3) is 6.83. The lowest BCUT2D eigenvalue weighted by Crippen LogP contribution is -2.74. The first kappa shape index (κ1) is 35.4. The maximum Gasteiger partial charge on any atom is 0.234 e. The number of phenols is 1. The minimum Gasteiger partial charge on any atom is -0.507 e. The van der Waals surface area contributed by atoms with Gasteiger partial charge in [0.2, 0.25) is 17.7 Å². The van der Waals surface area contributed by atoms with Crippen molar-refractivity contribution in [3.05, 3.63) is 102 Å². The second kappa shape index (κ2) is 14.4. The summed E-state index contributed by atoms with van der Waals surface area (Å²) >= 11 is 0. The first-order valence-electron chi connectivity index (χ1n) is 19.9. The third-order valence-electron chi connectivity index (χ3n) is 13.0. The Hall–Kier alpha value is -5.29. The summed E-state index contributed by atoms with van der Waals surface area (Å²) in [5.41, 5.74) is 5.19. The number of phenolic OH excluding ortho intramolecular Hbond substituents is 1. The molecule has 2 N–H and O–H groups in total. The topological polar surface area (TPSA) is 122 Å². The van der Waals surface area contributed by atoms with Gasteiger partial charge in [0.05, 0.1) is 28.9 Å². The molecule has 0 unspecified atom stereocenters. The number of hydrogen-bond donors (Lipinski definition) is 2. The Labute approximate surface area is 322 Å². The number of amides is 3. The van der Waals surface area contributed by atoms with E-state index in [4.69, 9.17) is 0 Å². The quantitative estimate of drug-likeness (QED) is 0.242. The van der Waals surface area contributed by atoms with Crippen LogP contribution in [0.1, 0.15) is 55.6 Å². The molecule has 284 valence electrons. The van der Waals surface area contributed by atoms with Gasteiger partial charge in [-0.2, -0.15) is 10.2 Å². The van der Waals surface area contributed by atoms with Gasteiger partial charge in [-0.25, -0.2) is 0 Å². The van der Waals surface area contributed by atoms with E-state index in [1.165, 1.54) is 5.69 Å². The van der Waals surface area contributed by atoms with Gasteiger partial charge in [0, 0.05) is 82.0 Å². The molecule has 0 bridgehead atoms. The number of piperidine rings is 3. The highest BCUT2D eigenvalue weighted by atomic mass is 16.3. The molecule has 9 rings (SSSR count). The maximum atomic E-state index is 14.5. The van der Waals surface area contributed by atoms with Crippen molar-refractivity contribution in [2.24, 2.45) is 11.3 Å². The van der Waals surface area contributed by atoms with Crippen molar-refractivity contribution < 1.29 is 19.5 Å². The van der Waals surface area contributed by atoms with E-state index in [9.17, 15) is 19.5 Å². The van der Waals surface area contributed by atoms with Gasteiger partial charge in [-0.15, -0.1) is 0 Å². The number of aromatic hydroxyl groups is 1. The summed E-state index contributed by atoms with van der Waals surface area (Å²) in [6, 6.07) is 27.9. The summed E-state index contributed by atoms with van der Waals surface area (Å²) in [6.45, 7) is 8.45. The lowest BCUT2D eigenvalue weighted by atomic mass is 9.67. The fraction of sp³-hybridized carbons (Fsp3) is 0.432. The first-order valence-corrected chi connectivity index (χ1v) is 19.9. The number of aromatic nitrogens is 2. The van der Waals surface area contributed by atoms with Gasteiger partial charge in [-0.3, -0.25) is 19.7 Å². The Bertz CT molecular complexity index is 2040. The van der Waals surface area contributed by atoms with Gasteiger partial charge in [0.25, 0.3) is 0 Å². The summed E-state index contributed by atoms with van der Waals surface area (Å²) in [5, 5.41) is 21.4. The van der Waals surface area contributed by atoms with Crippen molar-refractivity contribution in [1.82, 2.24) is 25.3 Å². The minimum absolute atomic E-state index is 0.179. The largest absolute Gasteiger partial charge is 0.507 e. The van der Waals surface area contributed by atoms with E-state index >= 15 is 0 Å². The molecule has 0 radical (unpaired) electrons. The summed E-state index contributed by atoms with van der Waals surface area (Å²) < 4.78 is 0. The fourth-order valence-electron chi connectivity index (χ4n) is 9.99. The number of para-hydroxylation sites is 1. The first-order chi connectivity index (χ1) is 26.8. The monoisotopic (exact) mass is 739 g/mol. The molecule has 5 saturated heterocycles. The molecule has 3 amide bonds. The van der Waals surface area contributed by atoms with E-state index in [1.54, 1.807) is 18.3 Å². The highest BCUT2D eigenvalue weighted by Crippen LogP contribution is 2.46. The zero-order chi connectivity index (χ0) is 37.6. The smallest absolute Gasteiger partial charge is 0.234 e. The van der Waals surface area contributed by atoms with E-state index in [1.807, 2.05) is 48.5 Å². The number of nitrogens with one attached hydrogen (secondary N) is 1. The molecule has 1 spiro atoms. The second-order valence-electron chi connectivity index (χ2n) is 16.6. The van der Waals surface area contributed by atoms with Crippen LogP contribution in [0.5, 0.6) is 5.75 Å². The molecule has 0 saturated carbocycles. The molecule has 1 aromatic heterocycles. The molecule has 11 nitrogen and oxygen atoms in total. The van der Waals surface area contributed by atoms with Crippen LogP contribution in [0.2, 0.25) is 0 Å². The predicted octanol–water partition coefficient (Wildman–Crippen LogP) is 4.97. The third-order valence-corrected chi connectivity index (χ3v) is 13.0. The van der Waals surface area contributed by atoms with Gasteiger partial charge in [-0.05, 0) is 79.5 Å². The number of hydrogen-bond acceptors (Lipinski definition) is 9. The van der Waals surface area contributed by atoms with Crippen molar-refractivity contribution in [2.75, 3.05) is 68.7 Å². The van der Waals surface area contributed by atoms with E-state index < -0.39 is 5.41 Å². The number of imide groups is 1. The molecular weight excluding hydrogens is 691 g/mol. The van der Waals surface area contributed by atoms with Crippen LogP contribution in [0, 0.1) is 11.3 Å². The van der Waals surface area contributed by atoms with E-state index in [0.717, 1.165) is 101 Å². The molecule has 5 aliphatic heterocycles. The molecule has 4 aromatic rings. The standard InChI is InChI=1S/C44H49N7O4/c52-39-9-5-4-8-37(39)38-24-35(25-45-47-38)50-22-18-44(19-23-50,33-6-2-1-3-7-33)42(55)51-29-43(30-51)27-48(28-43)26-31-16-20-49(21-17-31)34-12-10-32(11-13-34)36-14-15-40(53)46-41(36)54/h1-13,24-25,31,36,52H,14-23,26-30H2,(H,46,53,54)/t36-/m1/s1. The van der Waals surface area contributed by atoms with Gasteiger partial charge in [-0.1, -0.05) is 54.6 Å². The van der Waals surface area contributed by atoms with E-state index in [2.05, 4.69) is 59.4 Å². The van der Waals surface area contributed by atoms with Gasteiger partial charge >= 0.3 is 0 Å². The Morgan fingerprint density at radius 1 is 0.800 bits per heavy atom. The summed E-state index contributed by atoms with van der Waals surface area (Å²) in [5.74, 6) is 0.506. The molecular formula is C44H49N7O4. The van der Waals surface area contributed by atoms with Crippen molar-refractivity contribution >= 4 is 29.1 Å². The van der Waals surface area contributed by atoms with Gasteiger partial charge in [0.15, 0.2) is 0 Å². The fourth-order valence-corrected chi connectivity index (χ4v) is 9.99. The molecule has 3 aromatic carbocycles. The summed E-state index contributed by atoms with van der Waals surface area (Å²) in [7, 11) is 0. The average Bonchev–Trinajstić information content (AvgIpc) is 3.19. The molecule has 5 fully saturated rings. The number of nitrogens with zero attached hydrogens (tertiary/aromatic N) is 6. The molecule has 11 heteroatoms. The Kier molecular flexibility index (Phi) is 9.28. The number of likely N-dealkylation sites (tertiary alicyclic amines) is 2. The molecule has 6 heterocycles. The van der Waals surface area contributed by atoms with Gasteiger partial charge in [0.1, 0.15) is 5.75 Å². The SMILES string of the molecule is O=C1CC[C@H](c2ccc(N3CCC(CN4CC5(C4)CN(C(=O)C4(c6ccccc6)CCN(c6cnnc(-c7ccccc7O)c6)CC4)C5)CC3)cc2)C(=O)N1. The summed E-state index contributed by atoms with van der Waals surface area (Å²) in [6.07, 6.45) is 6.51. The molecule has 1 atom stereocenters. The number of rotatable bonds is 8. The Morgan fingerprint density at radius 2 is 1.49 bits per heavy atom. The Morgan fingerprint density at radius 3 is 2.20 bits per heavy atom. The van der Waals surface area contributed by atoms with Crippen LogP contribution in [-0.2, 0) is 19.8 Å². The van der Waals surface area contributed by atoms with Crippen molar-refractivity contribution in [2.45, 2.75) is 49.9 Å².